The van der Waals surface area contributed by atoms with Gasteiger partial charge in [0.1, 0.15) is 11.6 Å². The number of hydrogen-bond donors (Lipinski definition) is 0. The van der Waals surface area contributed by atoms with Crippen molar-refractivity contribution >= 4 is 17.0 Å². The van der Waals surface area contributed by atoms with Gasteiger partial charge >= 0.3 is 0 Å². The molecule has 0 aliphatic heterocycles. The van der Waals surface area contributed by atoms with Crippen LogP contribution in [0.25, 0.3) is 22.6 Å². The zero-order valence-electron chi connectivity index (χ0n) is 19.5. The van der Waals surface area contributed by atoms with Gasteiger partial charge in [-0.2, -0.15) is 0 Å². The maximum absolute atomic E-state index is 5.34. The Labute approximate surface area is 184 Å². The maximum atomic E-state index is 5.34. The first-order chi connectivity index (χ1) is 15.0. The standard InChI is InChI=1S/C23H34N6O2/c1-17(16-27(3)4)29-21(19-10-8-7-9-11-19)26-20-22(24-18(2)25-23(20)29)28(12-14-30-5)13-15-31-6/h7-11,17H,12-16H2,1-6H3. The predicted octanol–water partition coefficient (Wildman–Crippen LogP) is 3.02. The van der Waals surface area contributed by atoms with Crippen LogP contribution in [0.15, 0.2) is 30.3 Å². The quantitative estimate of drug-likeness (QED) is 0.467. The van der Waals surface area contributed by atoms with Crippen LogP contribution in [0.5, 0.6) is 0 Å². The van der Waals surface area contributed by atoms with E-state index in [9.17, 15) is 0 Å². The molecule has 8 nitrogen and oxygen atoms in total. The summed E-state index contributed by atoms with van der Waals surface area (Å²) in [4.78, 5) is 19.1. The number of aryl methyl sites for hydroxylation is 1. The molecule has 0 amide bonds. The molecule has 168 valence electrons. The van der Waals surface area contributed by atoms with Gasteiger partial charge in [0.2, 0.25) is 0 Å². The van der Waals surface area contributed by atoms with Crippen molar-refractivity contribution in [3.05, 3.63) is 36.2 Å². The molecule has 1 aromatic carbocycles. The second-order valence-electron chi connectivity index (χ2n) is 8.02. The van der Waals surface area contributed by atoms with Gasteiger partial charge in [0.15, 0.2) is 17.0 Å². The topological polar surface area (TPSA) is 68.5 Å². The van der Waals surface area contributed by atoms with E-state index in [1.807, 2.05) is 25.1 Å². The van der Waals surface area contributed by atoms with Gasteiger partial charge < -0.3 is 23.8 Å². The van der Waals surface area contributed by atoms with Crippen molar-refractivity contribution < 1.29 is 9.47 Å². The molecule has 0 N–H and O–H groups in total. The van der Waals surface area contributed by atoms with E-state index in [2.05, 4.69) is 47.5 Å². The van der Waals surface area contributed by atoms with E-state index in [0.717, 1.165) is 40.7 Å². The van der Waals surface area contributed by atoms with Gasteiger partial charge in [-0.1, -0.05) is 30.3 Å². The summed E-state index contributed by atoms with van der Waals surface area (Å²) in [7, 11) is 7.59. The first kappa shape index (κ1) is 23.1. The Balaban J connectivity index is 2.22. The van der Waals surface area contributed by atoms with Crippen LogP contribution in [-0.4, -0.2) is 85.6 Å². The summed E-state index contributed by atoms with van der Waals surface area (Å²) < 4.78 is 12.9. The van der Waals surface area contributed by atoms with Crippen LogP contribution in [0.1, 0.15) is 18.8 Å². The number of likely N-dealkylation sites (N-methyl/N-ethyl adjacent to an activating group) is 1. The molecule has 0 spiro atoms. The normalized spacial score (nSPS) is 12.6. The number of aromatic nitrogens is 4. The van der Waals surface area contributed by atoms with Gasteiger partial charge in [0.25, 0.3) is 0 Å². The van der Waals surface area contributed by atoms with Crippen molar-refractivity contribution in [2.75, 3.05) is 66.1 Å². The number of benzene rings is 1. The number of anilines is 1. The summed E-state index contributed by atoms with van der Waals surface area (Å²) in [5.74, 6) is 2.45. The fourth-order valence-corrected chi connectivity index (χ4v) is 3.83. The van der Waals surface area contributed by atoms with Gasteiger partial charge in [-0.3, -0.25) is 0 Å². The molecule has 2 heterocycles. The first-order valence-electron chi connectivity index (χ1n) is 10.7. The Morgan fingerprint density at radius 1 is 0.968 bits per heavy atom. The van der Waals surface area contributed by atoms with Crippen molar-refractivity contribution in [3.63, 3.8) is 0 Å². The van der Waals surface area contributed by atoms with Gasteiger partial charge in [-0.15, -0.1) is 0 Å². The molecule has 2 aromatic heterocycles. The zero-order chi connectivity index (χ0) is 22.4. The fourth-order valence-electron chi connectivity index (χ4n) is 3.83. The van der Waals surface area contributed by atoms with E-state index >= 15 is 0 Å². The Hall–Kier alpha value is -2.55. The molecule has 3 rings (SSSR count). The van der Waals surface area contributed by atoms with Gasteiger partial charge in [-0.25, -0.2) is 15.0 Å². The summed E-state index contributed by atoms with van der Waals surface area (Å²) in [6.45, 7) is 7.61. The highest BCUT2D eigenvalue weighted by molar-refractivity contribution is 5.87. The number of nitrogens with zero attached hydrogens (tertiary/aromatic N) is 6. The minimum absolute atomic E-state index is 0.184. The van der Waals surface area contributed by atoms with E-state index in [4.69, 9.17) is 24.4 Å². The largest absolute Gasteiger partial charge is 0.383 e. The Kier molecular flexibility index (Phi) is 7.95. The summed E-state index contributed by atoms with van der Waals surface area (Å²) >= 11 is 0. The Bertz CT molecular complexity index is 965. The van der Waals surface area contributed by atoms with Crippen molar-refractivity contribution in [3.8, 4) is 11.4 Å². The molecule has 8 heteroatoms. The third-order valence-electron chi connectivity index (χ3n) is 5.17. The first-order valence-corrected chi connectivity index (χ1v) is 10.7. The van der Waals surface area contributed by atoms with E-state index in [0.29, 0.717) is 26.3 Å². The molecule has 1 unspecified atom stereocenters. The van der Waals surface area contributed by atoms with Crippen LogP contribution in [0, 0.1) is 6.92 Å². The molecular formula is C23H34N6O2. The highest BCUT2D eigenvalue weighted by atomic mass is 16.5. The van der Waals surface area contributed by atoms with Crippen molar-refractivity contribution in [2.24, 2.45) is 0 Å². The van der Waals surface area contributed by atoms with Gasteiger partial charge in [0, 0.05) is 45.5 Å². The average molecular weight is 427 g/mol. The van der Waals surface area contributed by atoms with E-state index in [1.165, 1.54) is 0 Å². The second-order valence-corrected chi connectivity index (χ2v) is 8.02. The van der Waals surface area contributed by atoms with Crippen LogP contribution in [0.3, 0.4) is 0 Å². The lowest BCUT2D eigenvalue weighted by Crippen LogP contribution is -2.32. The molecule has 0 radical (unpaired) electrons. The SMILES string of the molecule is COCCN(CCOC)c1nc(C)nc2c1nc(-c1ccccc1)n2C(C)CN(C)C. The number of ether oxygens (including phenoxy) is 2. The van der Waals surface area contributed by atoms with E-state index in [1.54, 1.807) is 14.2 Å². The Morgan fingerprint density at radius 3 is 2.19 bits per heavy atom. The molecule has 31 heavy (non-hydrogen) atoms. The summed E-state index contributed by atoms with van der Waals surface area (Å²) in [5, 5.41) is 0. The minimum Gasteiger partial charge on any atom is -0.383 e. The molecule has 0 bridgehead atoms. The monoisotopic (exact) mass is 426 g/mol. The van der Waals surface area contributed by atoms with E-state index in [-0.39, 0.29) is 6.04 Å². The highest BCUT2D eigenvalue weighted by Crippen LogP contribution is 2.32. The maximum Gasteiger partial charge on any atom is 0.166 e. The molecule has 0 aliphatic rings. The lowest BCUT2D eigenvalue weighted by Gasteiger charge is -2.24. The van der Waals surface area contributed by atoms with Crippen molar-refractivity contribution in [1.29, 1.82) is 0 Å². The van der Waals surface area contributed by atoms with Crippen LogP contribution < -0.4 is 4.90 Å². The third-order valence-corrected chi connectivity index (χ3v) is 5.17. The number of hydrogen-bond acceptors (Lipinski definition) is 7. The van der Waals surface area contributed by atoms with Crippen molar-refractivity contribution in [2.45, 2.75) is 19.9 Å². The molecule has 3 aromatic rings. The molecule has 0 aliphatic carbocycles. The molecule has 1 atom stereocenters. The fraction of sp³-hybridized carbons (Fsp3) is 0.522. The predicted molar refractivity (Wildman–Crippen MR) is 125 cm³/mol. The van der Waals surface area contributed by atoms with Gasteiger partial charge in [0.05, 0.1) is 13.2 Å². The average Bonchev–Trinajstić information content (AvgIpc) is 3.13. The van der Waals surface area contributed by atoms with Crippen LogP contribution >= 0.6 is 0 Å². The zero-order valence-corrected chi connectivity index (χ0v) is 19.5. The van der Waals surface area contributed by atoms with Crippen LogP contribution in [0.2, 0.25) is 0 Å². The smallest absolute Gasteiger partial charge is 0.166 e. The van der Waals surface area contributed by atoms with E-state index < -0.39 is 0 Å². The lowest BCUT2D eigenvalue weighted by atomic mass is 10.2. The van der Waals surface area contributed by atoms with Gasteiger partial charge in [-0.05, 0) is 27.9 Å². The summed E-state index contributed by atoms with van der Waals surface area (Å²) in [5.41, 5.74) is 2.73. The summed E-state index contributed by atoms with van der Waals surface area (Å²) in [6, 6.07) is 10.5. The summed E-state index contributed by atoms with van der Waals surface area (Å²) in [6.07, 6.45) is 0. The van der Waals surface area contributed by atoms with Crippen molar-refractivity contribution in [1.82, 2.24) is 24.4 Å². The minimum atomic E-state index is 0.184. The molecular weight excluding hydrogens is 392 g/mol. The van der Waals surface area contributed by atoms with Crippen LogP contribution in [-0.2, 0) is 9.47 Å². The number of methoxy groups -OCH3 is 2. The van der Waals surface area contributed by atoms with Crippen LogP contribution in [0.4, 0.5) is 5.82 Å². The Morgan fingerprint density at radius 2 is 1.61 bits per heavy atom. The molecule has 0 saturated carbocycles. The lowest BCUT2D eigenvalue weighted by molar-refractivity contribution is 0.190. The number of rotatable bonds is 11. The molecule has 0 saturated heterocycles. The number of imidazole rings is 1. The highest BCUT2D eigenvalue weighted by Gasteiger charge is 2.24. The number of fused-ring (bicyclic) bond motifs is 1. The third kappa shape index (κ3) is 5.39. The molecule has 0 fully saturated rings. The second kappa shape index (κ2) is 10.7.